The van der Waals surface area contributed by atoms with Gasteiger partial charge < -0.3 is 15.4 Å². The molecule has 1 aromatic carbocycles. The number of thiocarbonyl (C=S) groups is 1. The van der Waals surface area contributed by atoms with E-state index in [-0.39, 0.29) is 12.4 Å². The van der Waals surface area contributed by atoms with Crippen molar-refractivity contribution >= 4 is 23.3 Å². The lowest BCUT2D eigenvalue weighted by atomic mass is 9.94. The van der Waals surface area contributed by atoms with Crippen LogP contribution in [0.2, 0.25) is 0 Å². The number of hydrogen-bond acceptors (Lipinski definition) is 3. The van der Waals surface area contributed by atoms with Gasteiger partial charge in [-0.2, -0.15) is 0 Å². The molecule has 22 heavy (non-hydrogen) atoms. The SMILES string of the molecule is CCCC1=C(C(=O)OCC)[C@H](c2cccc(F)c2)NC(=S)N1. The number of esters is 1. The Morgan fingerprint density at radius 3 is 2.82 bits per heavy atom. The van der Waals surface area contributed by atoms with Gasteiger partial charge in [0, 0.05) is 5.70 Å². The molecule has 0 aliphatic carbocycles. The highest BCUT2D eigenvalue weighted by Crippen LogP contribution is 2.29. The first-order valence-electron chi connectivity index (χ1n) is 7.30. The summed E-state index contributed by atoms with van der Waals surface area (Å²) in [7, 11) is 0. The maximum Gasteiger partial charge on any atom is 0.338 e. The summed E-state index contributed by atoms with van der Waals surface area (Å²) in [6.07, 6.45) is 1.52. The molecule has 2 rings (SSSR count). The Balaban J connectivity index is 2.49. The molecule has 2 N–H and O–H groups in total. The van der Waals surface area contributed by atoms with Crippen LogP contribution in [0.3, 0.4) is 0 Å². The van der Waals surface area contributed by atoms with E-state index in [2.05, 4.69) is 10.6 Å². The number of benzene rings is 1. The summed E-state index contributed by atoms with van der Waals surface area (Å²) < 4.78 is 18.7. The first-order valence-corrected chi connectivity index (χ1v) is 7.70. The van der Waals surface area contributed by atoms with E-state index in [1.54, 1.807) is 19.1 Å². The lowest BCUT2D eigenvalue weighted by Crippen LogP contribution is -2.45. The van der Waals surface area contributed by atoms with E-state index in [4.69, 9.17) is 17.0 Å². The minimum Gasteiger partial charge on any atom is -0.463 e. The van der Waals surface area contributed by atoms with E-state index in [9.17, 15) is 9.18 Å². The number of halogens is 1. The van der Waals surface area contributed by atoms with Crippen LogP contribution in [0.5, 0.6) is 0 Å². The van der Waals surface area contributed by atoms with Gasteiger partial charge in [0.25, 0.3) is 0 Å². The van der Waals surface area contributed by atoms with Crippen molar-refractivity contribution < 1.29 is 13.9 Å². The number of hydrogen-bond donors (Lipinski definition) is 2. The monoisotopic (exact) mass is 322 g/mol. The largest absolute Gasteiger partial charge is 0.463 e. The third-order valence-electron chi connectivity index (χ3n) is 3.33. The zero-order chi connectivity index (χ0) is 16.1. The Kier molecular flexibility index (Phi) is 5.49. The molecule has 118 valence electrons. The Bertz CT molecular complexity index is 616. The van der Waals surface area contributed by atoms with Crippen molar-refractivity contribution in [1.82, 2.24) is 10.6 Å². The number of ether oxygens (including phenoxy) is 1. The summed E-state index contributed by atoms with van der Waals surface area (Å²) in [5.74, 6) is -0.772. The molecule has 0 saturated carbocycles. The van der Waals surface area contributed by atoms with Gasteiger partial charge in [0.15, 0.2) is 5.11 Å². The molecule has 6 heteroatoms. The third-order valence-corrected chi connectivity index (χ3v) is 3.55. The Morgan fingerprint density at radius 2 is 2.18 bits per heavy atom. The van der Waals surface area contributed by atoms with Gasteiger partial charge in [-0.1, -0.05) is 25.5 Å². The lowest BCUT2D eigenvalue weighted by molar-refractivity contribution is -0.139. The molecule has 0 amide bonds. The molecule has 1 aromatic rings. The van der Waals surface area contributed by atoms with Crippen molar-refractivity contribution in [2.24, 2.45) is 0 Å². The van der Waals surface area contributed by atoms with Gasteiger partial charge in [-0.05, 0) is 43.3 Å². The van der Waals surface area contributed by atoms with Gasteiger partial charge in [-0.3, -0.25) is 0 Å². The number of rotatable bonds is 5. The summed E-state index contributed by atoms with van der Waals surface area (Å²) in [4.78, 5) is 12.4. The Hall–Kier alpha value is -1.95. The highest BCUT2D eigenvalue weighted by Gasteiger charge is 2.32. The molecule has 1 aliphatic rings. The zero-order valence-electron chi connectivity index (χ0n) is 12.6. The summed E-state index contributed by atoms with van der Waals surface area (Å²) in [6, 6.07) is 5.62. The highest BCUT2D eigenvalue weighted by molar-refractivity contribution is 7.80. The van der Waals surface area contributed by atoms with Gasteiger partial charge >= 0.3 is 5.97 Å². The van der Waals surface area contributed by atoms with E-state index in [0.29, 0.717) is 22.7 Å². The number of carbonyl (C=O) groups is 1. The zero-order valence-corrected chi connectivity index (χ0v) is 13.4. The minimum atomic E-state index is -0.509. The molecule has 1 heterocycles. The molecule has 0 fully saturated rings. The van der Waals surface area contributed by atoms with Crippen molar-refractivity contribution in [3.8, 4) is 0 Å². The van der Waals surface area contributed by atoms with Crippen LogP contribution in [0, 0.1) is 5.82 Å². The predicted octanol–water partition coefficient (Wildman–Crippen LogP) is 2.96. The van der Waals surface area contributed by atoms with Crippen molar-refractivity contribution in [2.45, 2.75) is 32.7 Å². The van der Waals surface area contributed by atoms with Gasteiger partial charge in [0.2, 0.25) is 0 Å². The summed E-state index contributed by atoms with van der Waals surface area (Å²) in [6.45, 7) is 4.05. The highest BCUT2D eigenvalue weighted by atomic mass is 32.1. The van der Waals surface area contributed by atoms with E-state index in [1.807, 2.05) is 6.92 Å². The number of carbonyl (C=O) groups excluding carboxylic acids is 1. The standard InChI is InChI=1S/C16H19FN2O2S/c1-3-6-12-13(15(20)21-4-2)14(19-16(22)18-12)10-7-5-8-11(17)9-10/h5,7-9,14H,3-4,6H2,1-2H3,(H2,18,19,22)/t14-/m0/s1. The van der Waals surface area contributed by atoms with Crippen LogP contribution in [-0.2, 0) is 9.53 Å². The van der Waals surface area contributed by atoms with Crippen LogP contribution < -0.4 is 10.6 Å². The van der Waals surface area contributed by atoms with Crippen LogP contribution in [0.4, 0.5) is 4.39 Å². The quantitative estimate of drug-likeness (QED) is 0.645. The Labute approximate surface area is 134 Å². The van der Waals surface area contributed by atoms with E-state index in [0.717, 1.165) is 12.1 Å². The molecule has 1 atom stereocenters. The van der Waals surface area contributed by atoms with Crippen molar-refractivity contribution in [3.63, 3.8) is 0 Å². The third kappa shape index (κ3) is 3.62. The maximum absolute atomic E-state index is 13.5. The normalized spacial score (nSPS) is 17.8. The van der Waals surface area contributed by atoms with Gasteiger partial charge in [-0.15, -0.1) is 0 Å². The van der Waals surface area contributed by atoms with E-state index >= 15 is 0 Å². The second-order valence-electron chi connectivity index (χ2n) is 4.95. The van der Waals surface area contributed by atoms with Crippen molar-refractivity contribution in [2.75, 3.05) is 6.61 Å². The van der Waals surface area contributed by atoms with Crippen molar-refractivity contribution in [3.05, 3.63) is 46.9 Å². The average molecular weight is 322 g/mol. The van der Waals surface area contributed by atoms with Crippen LogP contribution in [0.1, 0.15) is 38.3 Å². The summed E-state index contributed by atoms with van der Waals surface area (Å²) >= 11 is 5.21. The first-order chi connectivity index (χ1) is 10.6. The van der Waals surface area contributed by atoms with Crippen LogP contribution in [0.25, 0.3) is 0 Å². The topological polar surface area (TPSA) is 50.4 Å². The molecule has 1 aliphatic heterocycles. The molecule has 0 radical (unpaired) electrons. The number of nitrogens with one attached hydrogen (secondary N) is 2. The molecule has 0 saturated heterocycles. The Morgan fingerprint density at radius 1 is 1.41 bits per heavy atom. The molecule has 0 bridgehead atoms. The van der Waals surface area contributed by atoms with Crippen LogP contribution in [-0.4, -0.2) is 17.7 Å². The van der Waals surface area contributed by atoms with Crippen LogP contribution >= 0.6 is 12.2 Å². The molecule has 0 spiro atoms. The lowest BCUT2D eigenvalue weighted by Gasteiger charge is -2.31. The molecule has 4 nitrogen and oxygen atoms in total. The number of allylic oxidation sites excluding steroid dienone is 1. The average Bonchev–Trinajstić information content (AvgIpc) is 2.47. The molecule has 0 aromatic heterocycles. The predicted molar refractivity (Wildman–Crippen MR) is 86.6 cm³/mol. The molecule has 0 unspecified atom stereocenters. The van der Waals surface area contributed by atoms with E-state index < -0.39 is 12.0 Å². The fraction of sp³-hybridized carbons (Fsp3) is 0.375. The fourth-order valence-electron chi connectivity index (χ4n) is 2.45. The first kappa shape index (κ1) is 16.4. The maximum atomic E-state index is 13.5. The second-order valence-corrected chi connectivity index (χ2v) is 5.36. The van der Waals surface area contributed by atoms with Gasteiger partial charge in [-0.25, -0.2) is 9.18 Å². The van der Waals surface area contributed by atoms with Crippen LogP contribution in [0.15, 0.2) is 35.5 Å². The smallest absolute Gasteiger partial charge is 0.338 e. The second kappa shape index (κ2) is 7.35. The van der Waals surface area contributed by atoms with E-state index in [1.165, 1.54) is 12.1 Å². The van der Waals surface area contributed by atoms with Gasteiger partial charge in [0.1, 0.15) is 5.82 Å². The molecular formula is C16H19FN2O2S. The van der Waals surface area contributed by atoms with Crippen molar-refractivity contribution in [1.29, 1.82) is 0 Å². The summed E-state index contributed by atoms with van der Waals surface area (Å²) in [5, 5.41) is 6.48. The molecular weight excluding hydrogens is 303 g/mol. The minimum absolute atomic E-state index is 0.280. The fourth-order valence-corrected chi connectivity index (χ4v) is 2.69. The summed E-state index contributed by atoms with van der Waals surface area (Å²) in [5.41, 5.74) is 1.84. The van der Waals surface area contributed by atoms with Gasteiger partial charge in [0.05, 0.1) is 18.2 Å².